The van der Waals surface area contributed by atoms with E-state index < -0.39 is 0 Å². The van der Waals surface area contributed by atoms with Crippen molar-refractivity contribution >= 4 is 5.84 Å². The van der Waals surface area contributed by atoms with Gasteiger partial charge in [0.1, 0.15) is 0 Å². The number of hydrogen-bond acceptors (Lipinski definition) is 2. The fourth-order valence-corrected chi connectivity index (χ4v) is 2.66. The first kappa shape index (κ1) is 11.9. The molecule has 2 rings (SSSR count). The van der Waals surface area contributed by atoms with Crippen LogP contribution in [0.4, 0.5) is 0 Å². The van der Waals surface area contributed by atoms with Crippen LogP contribution in [0.3, 0.4) is 0 Å². The van der Waals surface area contributed by atoms with Gasteiger partial charge in [-0.25, -0.2) is 0 Å². The summed E-state index contributed by atoms with van der Waals surface area (Å²) in [6.07, 6.45) is 11.5. The first-order valence-corrected chi connectivity index (χ1v) is 6.65. The maximum atomic E-state index is 7.37. The van der Waals surface area contributed by atoms with Gasteiger partial charge >= 0.3 is 0 Å². The van der Waals surface area contributed by atoms with Crippen LogP contribution in [0.25, 0.3) is 0 Å². The number of nitrogens with one attached hydrogen (secondary N) is 1. The molecule has 3 heteroatoms. The molecule has 2 aliphatic carbocycles. The van der Waals surface area contributed by atoms with Crippen molar-refractivity contribution in [2.45, 2.75) is 63.9 Å². The summed E-state index contributed by atoms with van der Waals surface area (Å²) in [5, 5.41) is 7.37. The van der Waals surface area contributed by atoms with E-state index in [1.54, 1.807) is 0 Å². The highest BCUT2D eigenvalue weighted by Gasteiger charge is 2.43. The lowest BCUT2D eigenvalue weighted by Crippen LogP contribution is -2.23. The van der Waals surface area contributed by atoms with E-state index in [9.17, 15) is 0 Å². The molecule has 0 saturated heterocycles. The molecule has 0 unspecified atom stereocenters. The van der Waals surface area contributed by atoms with E-state index in [1.165, 1.54) is 51.4 Å². The number of ether oxygens (including phenoxy) is 1. The van der Waals surface area contributed by atoms with E-state index >= 15 is 0 Å². The second kappa shape index (κ2) is 5.17. The van der Waals surface area contributed by atoms with Gasteiger partial charge in [-0.3, -0.25) is 5.41 Å². The Hall–Kier alpha value is -0.570. The largest absolute Gasteiger partial charge is 0.388 e. The van der Waals surface area contributed by atoms with Crippen LogP contribution in [0.5, 0.6) is 0 Å². The quantitative estimate of drug-likeness (QED) is 0.428. The number of nitrogens with two attached hydrogens (primary N) is 1. The van der Waals surface area contributed by atoms with Crippen LogP contribution in [0, 0.1) is 10.8 Å². The van der Waals surface area contributed by atoms with Crippen molar-refractivity contribution in [3.63, 3.8) is 0 Å². The molecule has 3 nitrogen and oxygen atoms in total. The van der Waals surface area contributed by atoms with Gasteiger partial charge in [-0.15, -0.1) is 0 Å². The Morgan fingerprint density at radius 3 is 2.31 bits per heavy atom. The molecule has 0 aromatic rings. The van der Waals surface area contributed by atoms with Crippen LogP contribution >= 0.6 is 0 Å². The van der Waals surface area contributed by atoms with Gasteiger partial charge in [-0.05, 0) is 25.7 Å². The number of amidine groups is 1. The molecule has 0 bridgehead atoms. The lowest BCUT2D eigenvalue weighted by atomic mass is 10.0. The van der Waals surface area contributed by atoms with Crippen molar-refractivity contribution in [2.75, 3.05) is 6.61 Å². The number of rotatable bonds is 5. The molecule has 0 radical (unpaired) electrons. The minimum absolute atomic E-state index is 0.248. The van der Waals surface area contributed by atoms with E-state index in [2.05, 4.69) is 0 Å². The smallest absolute Gasteiger partial charge is 0.0911 e. The van der Waals surface area contributed by atoms with Crippen molar-refractivity contribution < 1.29 is 4.74 Å². The van der Waals surface area contributed by atoms with E-state index in [-0.39, 0.29) is 5.41 Å². The maximum Gasteiger partial charge on any atom is 0.0911 e. The first-order chi connectivity index (χ1) is 7.70. The normalized spacial score (nSPS) is 25.0. The molecule has 2 saturated carbocycles. The summed E-state index contributed by atoms with van der Waals surface area (Å²) < 4.78 is 6.04. The monoisotopic (exact) mass is 224 g/mol. The van der Waals surface area contributed by atoms with Gasteiger partial charge < -0.3 is 10.5 Å². The SMILES string of the molecule is N=C(N)CC1(COC2CCCCCC2)CC1. The van der Waals surface area contributed by atoms with Crippen molar-refractivity contribution in [2.24, 2.45) is 11.1 Å². The van der Waals surface area contributed by atoms with Crippen LogP contribution in [0.2, 0.25) is 0 Å². The van der Waals surface area contributed by atoms with Crippen LogP contribution in [0.15, 0.2) is 0 Å². The Bertz CT molecular complexity index is 240. The van der Waals surface area contributed by atoms with Crippen molar-refractivity contribution in [1.82, 2.24) is 0 Å². The van der Waals surface area contributed by atoms with E-state index in [1.807, 2.05) is 0 Å². The van der Waals surface area contributed by atoms with E-state index in [0.29, 0.717) is 11.9 Å². The third-order valence-electron chi connectivity index (χ3n) is 3.95. The predicted molar refractivity (Wildman–Crippen MR) is 65.6 cm³/mol. The molecule has 0 amide bonds. The van der Waals surface area contributed by atoms with Gasteiger partial charge in [-0.2, -0.15) is 0 Å². The zero-order valence-corrected chi connectivity index (χ0v) is 10.1. The molecule has 2 aliphatic rings. The fraction of sp³-hybridized carbons (Fsp3) is 0.923. The Kier molecular flexibility index (Phi) is 3.85. The summed E-state index contributed by atoms with van der Waals surface area (Å²) in [6, 6.07) is 0. The average Bonchev–Trinajstić information content (AvgIpc) is 2.99. The zero-order valence-electron chi connectivity index (χ0n) is 10.1. The zero-order chi connectivity index (χ0) is 11.4. The van der Waals surface area contributed by atoms with Gasteiger partial charge in [0.05, 0.1) is 18.5 Å². The minimum atomic E-state index is 0.248. The maximum absolute atomic E-state index is 7.37. The molecule has 16 heavy (non-hydrogen) atoms. The summed E-state index contributed by atoms with van der Waals surface area (Å²) in [6.45, 7) is 0.831. The van der Waals surface area contributed by atoms with E-state index in [0.717, 1.165) is 13.0 Å². The molecule has 3 N–H and O–H groups in total. The van der Waals surface area contributed by atoms with Crippen LogP contribution in [0.1, 0.15) is 57.8 Å². The fourth-order valence-electron chi connectivity index (χ4n) is 2.66. The highest BCUT2D eigenvalue weighted by atomic mass is 16.5. The summed E-state index contributed by atoms with van der Waals surface area (Å²) in [4.78, 5) is 0. The number of hydrogen-bond donors (Lipinski definition) is 2. The van der Waals surface area contributed by atoms with Crippen LogP contribution < -0.4 is 5.73 Å². The topological polar surface area (TPSA) is 59.1 Å². The highest BCUT2D eigenvalue weighted by Crippen LogP contribution is 2.49. The standard InChI is InChI=1S/C13H24N2O/c14-12(15)9-13(7-8-13)10-16-11-5-3-1-2-4-6-11/h11H,1-10H2,(H3,14,15). The van der Waals surface area contributed by atoms with Gasteiger partial charge in [0.25, 0.3) is 0 Å². The van der Waals surface area contributed by atoms with Crippen molar-refractivity contribution in [3.05, 3.63) is 0 Å². The average molecular weight is 224 g/mol. The summed E-state index contributed by atoms with van der Waals surface area (Å²) in [5.41, 5.74) is 5.73. The third kappa shape index (κ3) is 3.48. The summed E-state index contributed by atoms with van der Waals surface area (Å²) >= 11 is 0. The third-order valence-corrected chi connectivity index (χ3v) is 3.95. The molecule has 0 atom stereocenters. The van der Waals surface area contributed by atoms with Crippen LogP contribution in [-0.4, -0.2) is 18.5 Å². The molecule has 0 heterocycles. The Morgan fingerprint density at radius 2 is 1.81 bits per heavy atom. The van der Waals surface area contributed by atoms with Gasteiger partial charge in [-0.1, -0.05) is 25.7 Å². The minimum Gasteiger partial charge on any atom is -0.388 e. The Morgan fingerprint density at radius 1 is 1.19 bits per heavy atom. The summed E-state index contributed by atoms with van der Waals surface area (Å²) in [5.74, 6) is 0.321. The lowest BCUT2D eigenvalue weighted by Gasteiger charge is -2.20. The van der Waals surface area contributed by atoms with Crippen molar-refractivity contribution in [3.8, 4) is 0 Å². The highest BCUT2D eigenvalue weighted by molar-refractivity contribution is 5.78. The molecular weight excluding hydrogens is 200 g/mol. The Balaban J connectivity index is 1.71. The summed E-state index contributed by atoms with van der Waals surface area (Å²) in [7, 11) is 0. The molecule has 0 spiro atoms. The molecular formula is C13H24N2O. The van der Waals surface area contributed by atoms with Crippen molar-refractivity contribution in [1.29, 1.82) is 5.41 Å². The molecule has 0 aliphatic heterocycles. The second-order valence-electron chi connectivity index (χ2n) is 5.63. The van der Waals surface area contributed by atoms with Crippen LogP contribution in [-0.2, 0) is 4.74 Å². The lowest BCUT2D eigenvalue weighted by molar-refractivity contribution is 0.0153. The Labute approximate surface area is 98.2 Å². The molecule has 2 fully saturated rings. The molecule has 0 aromatic heterocycles. The van der Waals surface area contributed by atoms with Gasteiger partial charge in [0.2, 0.25) is 0 Å². The predicted octanol–water partition coefficient (Wildman–Crippen LogP) is 2.83. The van der Waals surface area contributed by atoms with E-state index in [4.69, 9.17) is 15.9 Å². The van der Waals surface area contributed by atoms with Gasteiger partial charge in [0.15, 0.2) is 0 Å². The molecule has 92 valence electrons. The van der Waals surface area contributed by atoms with Gasteiger partial charge in [0, 0.05) is 11.8 Å². The molecule has 0 aromatic carbocycles. The second-order valence-corrected chi connectivity index (χ2v) is 5.63. The first-order valence-electron chi connectivity index (χ1n) is 6.65.